The summed E-state index contributed by atoms with van der Waals surface area (Å²) in [5, 5.41) is 20.9. The average Bonchev–Trinajstić information content (AvgIpc) is 3.07. The van der Waals surface area contributed by atoms with E-state index in [9.17, 15) is 24.8 Å². The monoisotopic (exact) mass is 354 g/mol. The predicted molar refractivity (Wildman–Crippen MR) is 94.0 cm³/mol. The molecule has 2 aromatic carbocycles. The number of aliphatic carboxylic acids is 1. The SMILES string of the molecule is Cc1cccc([N+](=O)[O-])c1C(=O)N1C[C@H](C(=O)O)[C@H](c2ccccc2)C1. The second kappa shape index (κ2) is 6.95. The number of carbonyl (C=O) groups is 2. The molecule has 0 bridgehead atoms. The highest BCUT2D eigenvalue weighted by Gasteiger charge is 2.42. The fraction of sp³-hybridized carbons (Fsp3) is 0.263. The molecule has 0 spiro atoms. The van der Waals surface area contributed by atoms with Crippen molar-refractivity contribution in [2.45, 2.75) is 12.8 Å². The highest BCUT2D eigenvalue weighted by Crippen LogP contribution is 2.35. The molecule has 0 radical (unpaired) electrons. The van der Waals surface area contributed by atoms with Crippen LogP contribution in [0.4, 0.5) is 5.69 Å². The van der Waals surface area contributed by atoms with Gasteiger partial charge < -0.3 is 10.0 Å². The molecule has 7 nitrogen and oxygen atoms in total. The van der Waals surface area contributed by atoms with Crippen LogP contribution in [0.15, 0.2) is 48.5 Å². The summed E-state index contributed by atoms with van der Waals surface area (Å²) in [5.41, 5.74) is 1.11. The molecule has 1 N–H and O–H groups in total. The van der Waals surface area contributed by atoms with Gasteiger partial charge in [-0.1, -0.05) is 42.5 Å². The zero-order chi connectivity index (χ0) is 18.8. The van der Waals surface area contributed by atoms with E-state index < -0.39 is 22.7 Å². The Hall–Kier alpha value is -3.22. The minimum absolute atomic E-state index is 0.0235. The van der Waals surface area contributed by atoms with Crippen LogP contribution in [-0.4, -0.2) is 39.9 Å². The molecule has 2 atom stereocenters. The van der Waals surface area contributed by atoms with Crippen LogP contribution in [0, 0.1) is 23.0 Å². The Labute approximate surface area is 150 Å². The summed E-state index contributed by atoms with van der Waals surface area (Å²) in [4.78, 5) is 36.8. The van der Waals surface area contributed by atoms with E-state index in [1.54, 1.807) is 13.0 Å². The van der Waals surface area contributed by atoms with Gasteiger partial charge in [-0.3, -0.25) is 19.7 Å². The first kappa shape index (κ1) is 17.6. The Balaban J connectivity index is 1.95. The van der Waals surface area contributed by atoms with Crippen molar-refractivity contribution in [3.05, 3.63) is 75.3 Å². The Kier molecular flexibility index (Phi) is 4.71. The number of rotatable bonds is 4. The zero-order valence-electron chi connectivity index (χ0n) is 14.2. The van der Waals surface area contributed by atoms with Gasteiger partial charge in [0.05, 0.1) is 10.8 Å². The third-order valence-corrected chi connectivity index (χ3v) is 4.81. The summed E-state index contributed by atoms with van der Waals surface area (Å²) < 4.78 is 0. The molecule has 0 unspecified atom stereocenters. The number of hydrogen-bond acceptors (Lipinski definition) is 4. The van der Waals surface area contributed by atoms with Crippen molar-refractivity contribution in [2.75, 3.05) is 13.1 Å². The molecule has 1 amide bonds. The Bertz CT molecular complexity index is 865. The van der Waals surface area contributed by atoms with Crippen LogP contribution in [0.3, 0.4) is 0 Å². The van der Waals surface area contributed by atoms with E-state index in [1.165, 1.54) is 17.0 Å². The van der Waals surface area contributed by atoms with Gasteiger partial charge in [-0.05, 0) is 18.1 Å². The number of amides is 1. The quantitative estimate of drug-likeness (QED) is 0.672. The zero-order valence-corrected chi connectivity index (χ0v) is 14.2. The van der Waals surface area contributed by atoms with E-state index in [0.717, 1.165) is 5.56 Å². The number of carbonyl (C=O) groups excluding carboxylic acids is 1. The molecule has 26 heavy (non-hydrogen) atoms. The number of likely N-dealkylation sites (tertiary alicyclic amines) is 1. The Morgan fingerprint density at radius 3 is 2.42 bits per heavy atom. The summed E-state index contributed by atoms with van der Waals surface area (Å²) in [6, 6.07) is 13.6. The van der Waals surface area contributed by atoms with E-state index in [4.69, 9.17) is 0 Å². The van der Waals surface area contributed by atoms with Crippen LogP contribution < -0.4 is 0 Å². The van der Waals surface area contributed by atoms with Crippen LogP contribution in [0.1, 0.15) is 27.4 Å². The minimum atomic E-state index is -0.978. The van der Waals surface area contributed by atoms with Crippen molar-refractivity contribution in [3.8, 4) is 0 Å². The van der Waals surface area contributed by atoms with Crippen LogP contribution in [0.5, 0.6) is 0 Å². The molecule has 7 heteroatoms. The average molecular weight is 354 g/mol. The van der Waals surface area contributed by atoms with E-state index in [1.807, 2.05) is 30.3 Å². The molecule has 1 heterocycles. The number of aryl methyl sites for hydroxylation is 1. The van der Waals surface area contributed by atoms with Crippen molar-refractivity contribution in [2.24, 2.45) is 5.92 Å². The fourth-order valence-corrected chi connectivity index (χ4v) is 3.50. The number of nitro groups is 1. The molecule has 1 aliphatic heterocycles. The third kappa shape index (κ3) is 3.15. The maximum Gasteiger partial charge on any atom is 0.308 e. The maximum atomic E-state index is 13.0. The highest BCUT2D eigenvalue weighted by atomic mass is 16.6. The van der Waals surface area contributed by atoms with Gasteiger partial charge in [0.25, 0.3) is 11.6 Å². The first-order chi connectivity index (χ1) is 12.4. The lowest BCUT2D eigenvalue weighted by Crippen LogP contribution is -2.31. The van der Waals surface area contributed by atoms with Gasteiger partial charge in [-0.25, -0.2) is 0 Å². The van der Waals surface area contributed by atoms with Gasteiger partial charge in [-0.15, -0.1) is 0 Å². The summed E-state index contributed by atoms with van der Waals surface area (Å²) in [7, 11) is 0. The number of carboxylic acids is 1. The van der Waals surface area contributed by atoms with Gasteiger partial charge in [0, 0.05) is 25.1 Å². The molecule has 0 aliphatic carbocycles. The molecular weight excluding hydrogens is 336 g/mol. The maximum absolute atomic E-state index is 13.0. The van der Waals surface area contributed by atoms with E-state index in [-0.39, 0.29) is 30.3 Å². The summed E-state index contributed by atoms with van der Waals surface area (Å²) in [6.07, 6.45) is 0. The summed E-state index contributed by atoms with van der Waals surface area (Å²) in [6.45, 7) is 1.88. The number of benzene rings is 2. The lowest BCUT2D eigenvalue weighted by Gasteiger charge is -2.17. The minimum Gasteiger partial charge on any atom is -0.481 e. The van der Waals surface area contributed by atoms with E-state index in [0.29, 0.717) is 5.56 Å². The lowest BCUT2D eigenvalue weighted by atomic mass is 9.89. The molecule has 0 aromatic heterocycles. The second-order valence-corrected chi connectivity index (χ2v) is 6.40. The first-order valence-corrected chi connectivity index (χ1v) is 8.21. The van der Waals surface area contributed by atoms with Crippen molar-refractivity contribution in [3.63, 3.8) is 0 Å². The molecule has 1 saturated heterocycles. The molecule has 1 aliphatic rings. The number of nitro benzene ring substituents is 1. The molecule has 3 rings (SSSR count). The molecule has 0 saturated carbocycles. The van der Waals surface area contributed by atoms with Gasteiger partial charge in [0.2, 0.25) is 0 Å². The van der Waals surface area contributed by atoms with Crippen LogP contribution in [-0.2, 0) is 4.79 Å². The van der Waals surface area contributed by atoms with E-state index in [2.05, 4.69) is 0 Å². The van der Waals surface area contributed by atoms with Gasteiger partial charge in [-0.2, -0.15) is 0 Å². The molecule has 1 fully saturated rings. The van der Waals surface area contributed by atoms with E-state index >= 15 is 0 Å². The fourth-order valence-electron chi connectivity index (χ4n) is 3.50. The predicted octanol–water partition coefficient (Wildman–Crippen LogP) is 2.84. The Morgan fingerprint density at radius 1 is 1.12 bits per heavy atom. The number of carboxylic acid groups (broad SMARTS) is 1. The summed E-state index contributed by atoms with van der Waals surface area (Å²) in [5.74, 6) is -2.57. The molecule has 2 aromatic rings. The smallest absolute Gasteiger partial charge is 0.308 e. The highest BCUT2D eigenvalue weighted by molar-refractivity contribution is 6.00. The topological polar surface area (TPSA) is 101 Å². The van der Waals surface area contributed by atoms with Gasteiger partial charge in [0.1, 0.15) is 5.56 Å². The molecular formula is C19H18N2O5. The number of nitrogens with zero attached hydrogens (tertiary/aromatic N) is 2. The standard InChI is InChI=1S/C19H18N2O5/c1-12-6-5-9-16(21(25)26)17(12)18(22)20-10-14(15(11-20)19(23)24)13-7-3-2-4-8-13/h2-9,14-15H,10-11H2,1H3,(H,23,24)/t14-,15-/m0/s1. The summed E-state index contributed by atoms with van der Waals surface area (Å²) >= 11 is 0. The van der Waals surface area contributed by atoms with Crippen molar-refractivity contribution < 1.29 is 19.6 Å². The Morgan fingerprint density at radius 2 is 1.81 bits per heavy atom. The van der Waals surface area contributed by atoms with Crippen molar-refractivity contribution >= 4 is 17.6 Å². The van der Waals surface area contributed by atoms with Gasteiger partial charge in [0.15, 0.2) is 0 Å². The lowest BCUT2D eigenvalue weighted by molar-refractivity contribution is -0.385. The van der Waals surface area contributed by atoms with Crippen LogP contribution >= 0.6 is 0 Å². The second-order valence-electron chi connectivity index (χ2n) is 6.40. The van der Waals surface area contributed by atoms with Gasteiger partial charge >= 0.3 is 5.97 Å². The van der Waals surface area contributed by atoms with Crippen LogP contribution in [0.2, 0.25) is 0 Å². The largest absolute Gasteiger partial charge is 0.481 e. The van der Waals surface area contributed by atoms with Crippen LogP contribution in [0.25, 0.3) is 0 Å². The first-order valence-electron chi connectivity index (χ1n) is 8.21. The van der Waals surface area contributed by atoms with Crippen molar-refractivity contribution in [1.29, 1.82) is 0 Å². The molecule has 134 valence electrons. The van der Waals surface area contributed by atoms with Crippen molar-refractivity contribution in [1.82, 2.24) is 4.90 Å². The third-order valence-electron chi connectivity index (χ3n) is 4.81. The normalized spacial score (nSPS) is 19.3. The number of hydrogen-bond donors (Lipinski definition) is 1.